The van der Waals surface area contributed by atoms with E-state index >= 15 is 0 Å². The molecule has 0 unspecified atom stereocenters. The molecule has 0 fully saturated rings. The van der Waals surface area contributed by atoms with Crippen LogP contribution in [0.4, 0.5) is 5.69 Å². The molecule has 26 heavy (non-hydrogen) atoms. The van der Waals surface area contributed by atoms with Crippen LogP contribution in [0.1, 0.15) is 39.0 Å². The first-order valence-corrected chi connectivity index (χ1v) is 8.40. The molecule has 1 aliphatic heterocycles. The fraction of sp³-hybridized carbons (Fsp3) is 0.368. The average Bonchev–Trinajstić information content (AvgIpc) is 2.95. The fourth-order valence-electron chi connectivity index (χ4n) is 3.11. The molecule has 0 bridgehead atoms. The van der Waals surface area contributed by atoms with E-state index < -0.39 is 12.0 Å². The van der Waals surface area contributed by atoms with Gasteiger partial charge in [0, 0.05) is 5.69 Å². The topological polar surface area (TPSA) is 89.7 Å². The van der Waals surface area contributed by atoms with Gasteiger partial charge in [-0.05, 0) is 38.5 Å². The number of hydrogen-bond acceptors (Lipinski definition) is 6. The van der Waals surface area contributed by atoms with Crippen LogP contribution >= 0.6 is 0 Å². The number of esters is 1. The van der Waals surface area contributed by atoms with E-state index in [0.717, 1.165) is 0 Å². The minimum atomic E-state index is -0.533. The summed E-state index contributed by atoms with van der Waals surface area (Å²) in [6, 6.07) is 4.97. The number of nitrogens with one attached hydrogen (secondary N) is 2. The molecule has 1 atom stereocenters. The number of carbonyl (C=O) groups is 2. The number of ether oxygens (including phenoxy) is 3. The number of aryl methyl sites for hydroxylation is 1. The molecule has 0 saturated heterocycles. The molecule has 1 aromatic heterocycles. The van der Waals surface area contributed by atoms with Gasteiger partial charge in [-0.25, -0.2) is 4.79 Å². The molecule has 0 radical (unpaired) electrons. The predicted octanol–water partition coefficient (Wildman–Crippen LogP) is 2.87. The van der Waals surface area contributed by atoms with Gasteiger partial charge in [-0.2, -0.15) is 0 Å². The Morgan fingerprint density at radius 3 is 2.69 bits per heavy atom. The first kappa shape index (κ1) is 17.8. The van der Waals surface area contributed by atoms with Gasteiger partial charge < -0.3 is 24.5 Å². The van der Waals surface area contributed by atoms with Crippen molar-refractivity contribution >= 4 is 17.4 Å². The summed E-state index contributed by atoms with van der Waals surface area (Å²) >= 11 is 0. The molecule has 0 saturated carbocycles. The lowest BCUT2D eigenvalue weighted by Crippen LogP contribution is -2.28. The maximum Gasteiger partial charge on any atom is 0.339 e. The van der Waals surface area contributed by atoms with Crippen molar-refractivity contribution in [2.24, 2.45) is 0 Å². The van der Waals surface area contributed by atoms with E-state index in [4.69, 9.17) is 14.2 Å². The smallest absolute Gasteiger partial charge is 0.339 e. The summed E-state index contributed by atoms with van der Waals surface area (Å²) in [6.07, 6.45) is 0. The normalized spacial score (nSPS) is 13.8. The molecule has 1 aromatic carbocycles. The molecular weight excluding hydrogens is 336 g/mol. The van der Waals surface area contributed by atoms with Crippen molar-refractivity contribution in [3.63, 3.8) is 0 Å². The van der Waals surface area contributed by atoms with Crippen LogP contribution in [0.25, 0.3) is 0 Å². The summed E-state index contributed by atoms with van der Waals surface area (Å²) in [7, 11) is 1.32. The summed E-state index contributed by atoms with van der Waals surface area (Å²) in [4.78, 5) is 27.8. The minimum Gasteiger partial charge on any atom is -0.486 e. The van der Waals surface area contributed by atoms with Crippen molar-refractivity contribution in [1.82, 2.24) is 4.98 Å². The van der Waals surface area contributed by atoms with Crippen LogP contribution in [0.15, 0.2) is 18.2 Å². The Balaban J connectivity index is 1.85. The van der Waals surface area contributed by atoms with Crippen molar-refractivity contribution in [3.05, 3.63) is 40.7 Å². The Kier molecular flexibility index (Phi) is 4.88. The van der Waals surface area contributed by atoms with Crippen molar-refractivity contribution in [2.75, 3.05) is 25.6 Å². The number of rotatable bonds is 5. The molecule has 0 amide bonds. The largest absolute Gasteiger partial charge is 0.486 e. The highest BCUT2D eigenvalue weighted by Gasteiger charge is 2.26. The van der Waals surface area contributed by atoms with Crippen LogP contribution in [0, 0.1) is 13.8 Å². The van der Waals surface area contributed by atoms with Crippen LogP contribution in [0.5, 0.6) is 11.5 Å². The van der Waals surface area contributed by atoms with Gasteiger partial charge >= 0.3 is 5.97 Å². The number of fused-ring (bicyclic) bond motifs is 1. The number of carbonyl (C=O) groups excluding carboxylic acids is 2. The van der Waals surface area contributed by atoms with Crippen LogP contribution < -0.4 is 14.8 Å². The molecule has 7 heteroatoms. The maximum atomic E-state index is 12.9. The van der Waals surface area contributed by atoms with E-state index in [1.54, 1.807) is 20.8 Å². The second-order valence-corrected chi connectivity index (χ2v) is 6.18. The summed E-state index contributed by atoms with van der Waals surface area (Å²) in [5.74, 6) is 0.641. The summed E-state index contributed by atoms with van der Waals surface area (Å²) in [6.45, 7) is 6.20. The fourth-order valence-corrected chi connectivity index (χ4v) is 3.11. The third kappa shape index (κ3) is 3.12. The Morgan fingerprint density at radius 2 is 1.96 bits per heavy atom. The number of anilines is 1. The van der Waals surface area contributed by atoms with Crippen molar-refractivity contribution in [3.8, 4) is 11.5 Å². The van der Waals surface area contributed by atoms with Gasteiger partial charge in [0.25, 0.3) is 0 Å². The van der Waals surface area contributed by atoms with Crippen molar-refractivity contribution in [2.45, 2.75) is 26.8 Å². The minimum absolute atomic E-state index is 0.157. The molecule has 0 spiro atoms. The zero-order chi connectivity index (χ0) is 18.8. The van der Waals surface area contributed by atoms with Gasteiger partial charge in [0.05, 0.1) is 30.1 Å². The second kappa shape index (κ2) is 7.11. The van der Waals surface area contributed by atoms with Gasteiger partial charge in [-0.1, -0.05) is 6.07 Å². The third-order valence-electron chi connectivity index (χ3n) is 4.40. The average molecular weight is 358 g/mol. The van der Waals surface area contributed by atoms with Crippen molar-refractivity contribution in [1.29, 1.82) is 0 Å². The molecule has 2 heterocycles. The van der Waals surface area contributed by atoms with E-state index in [-0.39, 0.29) is 5.78 Å². The monoisotopic (exact) mass is 358 g/mol. The number of hydrogen-bond donors (Lipinski definition) is 2. The molecule has 3 rings (SSSR count). The number of Topliss-reactive ketones (excluding diaryl/α,β-unsaturated/α-hetero) is 1. The quantitative estimate of drug-likeness (QED) is 0.631. The Labute approximate surface area is 151 Å². The van der Waals surface area contributed by atoms with E-state index in [9.17, 15) is 9.59 Å². The highest BCUT2D eigenvalue weighted by Crippen LogP contribution is 2.37. The van der Waals surface area contributed by atoms with E-state index in [0.29, 0.717) is 52.9 Å². The Hall–Kier alpha value is -2.96. The maximum absolute atomic E-state index is 12.9. The number of methoxy groups -OCH3 is 1. The number of H-pyrrole nitrogens is 1. The van der Waals surface area contributed by atoms with Crippen LogP contribution in [-0.4, -0.2) is 43.1 Å². The number of ketones is 1. The number of aromatic nitrogens is 1. The predicted molar refractivity (Wildman–Crippen MR) is 96.5 cm³/mol. The van der Waals surface area contributed by atoms with E-state index in [1.165, 1.54) is 7.11 Å². The van der Waals surface area contributed by atoms with Crippen LogP contribution in [0.3, 0.4) is 0 Å². The van der Waals surface area contributed by atoms with Gasteiger partial charge in [0.15, 0.2) is 11.5 Å². The highest BCUT2D eigenvalue weighted by atomic mass is 16.6. The zero-order valence-electron chi connectivity index (χ0n) is 15.3. The second-order valence-electron chi connectivity index (χ2n) is 6.18. The molecule has 2 N–H and O–H groups in total. The zero-order valence-corrected chi connectivity index (χ0v) is 15.3. The number of aromatic amines is 1. The van der Waals surface area contributed by atoms with E-state index in [2.05, 4.69) is 10.3 Å². The molecular formula is C19H22N2O5. The standard InChI is InChI=1S/C19H22N2O5/c1-10-15(19(23)24-4)11(2)21-16(10)17(22)12(3)20-13-6-5-7-14-18(13)26-9-8-25-14/h5-7,12,20-21H,8-9H2,1-4H3/t12-/m0/s1. The summed E-state index contributed by atoms with van der Waals surface area (Å²) in [5, 5.41) is 3.18. The highest BCUT2D eigenvalue weighted by molar-refractivity contribution is 6.04. The lowest BCUT2D eigenvalue weighted by Gasteiger charge is -2.23. The third-order valence-corrected chi connectivity index (χ3v) is 4.40. The molecule has 2 aromatic rings. The first-order valence-electron chi connectivity index (χ1n) is 8.40. The Morgan fingerprint density at radius 1 is 1.23 bits per heavy atom. The number of para-hydroxylation sites is 1. The summed E-state index contributed by atoms with van der Waals surface area (Å²) in [5.41, 5.74) is 2.68. The van der Waals surface area contributed by atoms with Gasteiger partial charge in [-0.15, -0.1) is 0 Å². The molecule has 0 aliphatic carbocycles. The van der Waals surface area contributed by atoms with Gasteiger partial charge in [0.1, 0.15) is 13.2 Å². The lowest BCUT2D eigenvalue weighted by atomic mass is 10.0. The van der Waals surface area contributed by atoms with E-state index in [1.807, 2.05) is 18.2 Å². The van der Waals surface area contributed by atoms with Crippen molar-refractivity contribution < 1.29 is 23.8 Å². The molecule has 138 valence electrons. The lowest BCUT2D eigenvalue weighted by molar-refractivity contribution is 0.0599. The molecule has 7 nitrogen and oxygen atoms in total. The Bertz CT molecular complexity index is 856. The molecule has 1 aliphatic rings. The van der Waals surface area contributed by atoms with Crippen LogP contribution in [0.2, 0.25) is 0 Å². The first-order chi connectivity index (χ1) is 12.4. The van der Waals surface area contributed by atoms with Crippen LogP contribution in [-0.2, 0) is 4.74 Å². The number of benzene rings is 1. The van der Waals surface area contributed by atoms with Gasteiger partial charge in [0.2, 0.25) is 5.78 Å². The SMILES string of the molecule is COC(=O)c1c(C)[nH]c(C(=O)[C@H](C)Nc2cccc3c2OCCO3)c1C. The summed E-state index contributed by atoms with van der Waals surface area (Å²) < 4.78 is 16.0. The van der Waals surface area contributed by atoms with Gasteiger partial charge in [-0.3, -0.25) is 4.79 Å².